The number of carbonyl (C=O) groups excluding carboxylic acids is 1. The van der Waals surface area contributed by atoms with Crippen LogP contribution in [0.4, 0.5) is 11.5 Å². The summed E-state index contributed by atoms with van der Waals surface area (Å²) in [5, 5.41) is 18.6. The Morgan fingerprint density at radius 1 is 1.21 bits per heavy atom. The molecule has 2 aromatic heterocycles. The predicted molar refractivity (Wildman–Crippen MR) is 124 cm³/mol. The summed E-state index contributed by atoms with van der Waals surface area (Å²) < 4.78 is 7.45. The molecule has 2 heterocycles. The molecule has 166 valence electrons. The van der Waals surface area contributed by atoms with Crippen LogP contribution < -0.4 is 15.4 Å². The van der Waals surface area contributed by atoms with Gasteiger partial charge in [0.05, 0.1) is 11.9 Å². The smallest absolute Gasteiger partial charge is 0.257 e. The molecule has 3 N–H and O–H groups in total. The summed E-state index contributed by atoms with van der Waals surface area (Å²) in [6, 6.07) is 13.5. The SMILES string of the molecule is CNC(=O)COc1ccc(-c2nc3cnccn3c2Nc2ccc3c(c2)CC/C3=N\O)cc1. The molecule has 9 nitrogen and oxygen atoms in total. The van der Waals surface area contributed by atoms with Gasteiger partial charge >= 0.3 is 0 Å². The Hall–Kier alpha value is -4.40. The molecule has 0 spiro atoms. The van der Waals surface area contributed by atoms with Crippen molar-refractivity contribution in [2.75, 3.05) is 19.0 Å². The first-order valence-electron chi connectivity index (χ1n) is 10.5. The van der Waals surface area contributed by atoms with E-state index in [9.17, 15) is 10.0 Å². The van der Waals surface area contributed by atoms with Gasteiger partial charge in [-0.1, -0.05) is 11.2 Å². The maximum Gasteiger partial charge on any atom is 0.257 e. The number of aromatic nitrogens is 3. The number of anilines is 2. The third-order valence-electron chi connectivity index (χ3n) is 5.64. The summed E-state index contributed by atoms with van der Waals surface area (Å²) in [5.74, 6) is 1.22. The van der Waals surface area contributed by atoms with E-state index in [1.165, 1.54) is 0 Å². The molecule has 0 fully saturated rings. The van der Waals surface area contributed by atoms with Gasteiger partial charge in [-0.25, -0.2) is 4.98 Å². The number of nitrogens with one attached hydrogen (secondary N) is 2. The van der Waals surface area contributed by atoms with E-state index < -0.39 is 0 Å². The highest BCUT2D eigenvalue weighted by molar-refractivity contribution is 6.04. The summed E-state index contributed by atoms with van der Waals surface area (Å²) in [4.78, 5) is 20.4. The number of aryl methyl sites for hydroxylation is 1. The van der Waals surface area contributed by atoms with E-state index in [1.54, 1.807) is 19.4 Å². The highest BCUT2D eigenvalue weighted by atomic mass is 16.5. The average molecular weight is 442 g/mol. The molecule has 0 atom stereocenters. The lowest BCUT2D eigenvalue weighted by Gasteiger charge is -2.11. The van der Waals surface area contributed by atoms with Gasteiger partial charge in [0.2, 0.25) is 0 Å². The normalized spacial score (nSPS) is 13.8. The van der Waals surface area contributed by atoms with Crippen molar-refractivity contribution < 1.29 is 14.7 Å². The standard InChI is InChI=1S/C24H22N6O3/c1-25-22(31)14-33-18-6-2-15(3-7-18)23-24(30-11-10-26-13-21(30)28-23)27-17-5-8-19-16(12-17)4-9-20(19)29-32/h2-3,5-8,10-13,27,32H,4,9,14H2,1H3,(H,25,31)/b29-20+. The summed E-state index contributed by atoms with van der Waals surface area (Å²) in [5.41, 5.74) is 6.13. The number of hydrogen-bond donors (Lipinski definition) is 3. The fraction of sp³-hybridized carbons (Fsp3) is 0.167. The first kappa shape index (κ1) is 20.5. The second-order valence-electron chi connectivity index (χ2n) is 7.64. The number of benzene rings is 2. The van der Waals surface area contributed by atoms with Crippen LogP contribution in [-0.2, 0) is 11.2 Å². The third kappa shape index (κ3) is 3.96. The second kappa shape index (κ2) is 8.62. The van der Waals surface area contributed by atoms with Crippen molar-refractivity contribution in [3.63, 3.8) is 0 Å². The van der Waals surface area contributed by atoms with Crippen LogP contribution in [0.25, 0.3) is 16.9 Å². The molecule has 1 aliphatic rings. The Labute approximate surface area is 189 Å². The van der Waals surface area contributed by atoms with Crippen LogP contribution >= 0.6 is 0 Å². The molecule has 1 amide bonds. The lowest BCUT2D eigenvalue weighted by molar-refractivity contribution is -0.122. The quantitative estimate of drug-likeness (QED) is 0.312. The Morgan fingerprint density at radius 2 is 2.06 bits per heavy atom. The van der Waals surface area contributed by atoms with Crippen molar-refractivity contribution >= 4 is 28.8 Å². The highest BCUT2D eigenvalue weighted by Crippen LogP contribution is 2.33. The molecule has 0 saturated carbocycles. The molecule has 0 radical (unpaired) electrons. The predicted octanol–water partition coefficient (Wildman–Crippen LogP) is 3.39. The third-order valence-corrected chi connectivity index (χ3v) is 5.64. The molecule has 0 bridgehead atoms. The number of ether oxygens (including phenoxy) is 1. The molecule has 33 heavy (non-hydrogen) atoms. The lowest BCUT2D eigenvalue weighted by atomic mass is 10.1. The molecule has 0 unspecified atom stereocenters. The average Bonchev–Trinajstić information content (AvgIpc) is 3.44. The summed E-state index contributed by atoms with van der Waals surface area (Å²) in [6.45, 7) is -0.0380. The van der Waals surface area contributed by atoms with Crippen LogP contribution in [0.2, 0.25) is 0 Å². The zero-order chi connectivity index (χ0) is 22.8. The molecular weight excluding hydrogens is 420 g/mol. The van der Waals surface area contributed by atoms with Gasteiger partial charge in [0.25, 0.3) is 5.91 Å². The van der Waals surface area contributed by atoms with Gasteiger partial charge < -0.3 is 20.6 Å². The topological polar surface area (TPSA) is 113 Å². The van der Waals surface area contributed by atoms with E-state index in [0.717, 1.165) is 52.4 Å². The number of rotatable bonds is 6. The van der Waals surface area contributed by atoms with Crippen molar-refractivity contribution in [2.24, 2.45) is 5.16 Å². The molecule has 1 aliphatic carbocycles. The van der Waals surface area contributed by atoms with E-state index in [1.807, 2.05) is 47.0 Å². The van der Waals surface area contributed by atoms with Crippen molar-refractivity contribution in [2.45, 2.75) is 12.8 Å². The summed E-state index contributed by atoms with van der Waals surface area (Å²) in [7, 11) is 1.57. The van der Waals surface area contributed by atoms with E-state index in [0.29, 0.717) is 11.4 Å². The number of nitrogens with zero attached hydrogens (tertiary/aromatic N) is 4. The minimum absolute atomic E-state index is 0.0380. The van der Waals surface area contributed by atoms with Crippen LogP contribution in [0.15, 0.2) is 66.2 Å². The first-order valence-corrected chi connectivity index (χ1v) is 10.5. The van der Waals surface area contributed by atoms with Gasteiger partial charge in [-0.05, 0) is 54.8 Å². The Balaban J connectivity index is 1.48. The fourth-order valence-electron chi connectivity index (χ4n) is 3.95. The number of amides is 1. The van der Waals surface area contributed by atoms with Crippen molar-refractivity contribution in [1.29, 1.82) is 0 Å². The molecular formula is C24H22N6O3. The number of oxime groups is 1. The van der Waals surface area contributed by atoms with E-state index in [4.69, 9.17) is 9.72 Å². The Morgan fingerprint density at radius 3 is 2.85 bits per heavy atom. The lowest BCUT2D eigenvalue weighted by Crippen LogP contribution is -2.24. The van der Waals surface area contributed by atoms with Crippen molar-refractivity contribution in [3.05, 3.63) is 72.2 Å². The monoisotopic (exact) mass is 442 g/mol. The molecule has 0 saturated heterocycles. The second-order valence-corrected chi connectivity index (χ2v) is 7.64. The van der Waals surface area contributed by atoms with E-state index >= 15 is 0 Å². The first-order chi connectivity index (χ1) is 16.2. The molecule has 0 aliphatic heterocycles. The summed E-state index contributed by atoms with van der Waals surface area (Å²) >= 11 is 0. The molecule has 4 aromatic rings. The maximum atomic E-state index is 11.4. The van der Waals surface area contributed by atoms with Crippen LogP contribution in [0, 0.1) is 0 Å². The molecule has 9 heteroatoms. The minimum atomic E-state index is -0.190. The largest absolute Gasteiger partial charge is 0.484 e. The number of likely N-dealkylation sites (N-methyl/N-ethyl adjacent to an activating group) is 1. The molecule has 5 rings (SSSR count). The van der Waals surface area contributed by atoms with Gasteiger partial charge in [-0.3, -0.25) is 14.2 Å². The Bertz CT molecular complexity index is 1360. The number of hydrogen-bond acceptors (Lipinski definition) is 7. The van der Waals surface area contributed by atoms with Crippen LogP contribution in [0.5, 0.6) is 5.75 Å². The highest BCUT2D eigenvalue weighted by Gasteiger charge is 2.20. The number of carbonyl (C=O) groups is 1. The van der Waals surface area contributed by atoms with Gasteiger partial charge in [-0.15, -0.1) is 0 Å². The van der Waals surface area contributed by atoms with Gasteiger partial charge in [0.15, 0.2) is 12.3 Å². The van der Waals surface area contributed by atoms with Gasteiger partial charge in [0, 0.05) is 36.3 Å². The van der Waals surface area contributed by atoms with Crippen LogP contribution in [0.3, 0.4) is 0 Å². The van der Waals surface area contributed by atoms with Crippen LogP contribution in [0.1, 0.15) is 17.5 Å². The Kier molecular flexibility index (Phi) is 5.35. The fourth-order valence-corrected chi connectivity index (χ4v) is 3.95. The minimum Gasteiger partial charge on any atom is -0.484 e. The zero-order valence-electron chi connectivity index (χ0n) is 17.9. The number of imidazole rings is 1. The number of fused-ring (bicyclic) bond motifs is 2. The van der Waals surface area contributed by atoms with Gasteiger partial charge in [0.1, 0.15) is 17.3 Å². The van der Waals surface area contributed by atoms with E-state index in [-0.39, 0.29) is 12.5 Å². The maximum absolute atomic E-state index is 11.4. The summed E-state index contributed by atoms with van der Waals surface area (Å²) in [6.07, 6.45) is 6.86. The zero-order valence-corrected chi connectivity index (χ0v) is 17.9. The van der Waals surface area contributed by atoms with Crippen molar-refractivity contribution in [1.82, 2.24) is 19.7 Å². The van der Waals surface area contributed by atoms with Crippen molar-refractivity contribution in [3.8, 4) is 17.0 Å². The van der Waals surface area contributed by atoms with Crippen LogP contribution in [-0.4, -0.2) is 44.8 Å². The molecule has 2 aromatic carbocycles. The van der Waals surface area contributed by atoms with Gasteiger partial charge in [-0.2, -0.15) is 0 Å². The van der Waals surface area contributed by atoms with E-state index in [2.05, 4.69) is 26.8 Å².